The van der Waals surface area contributed by atoms with Crippen molar-refractivity contribution in [2.45, 2.75) is 235 Å². The van der Waals surface area contributed by atoms with Crippen LogP contribution < -0.4 is 0 Å². The van der Waals surface area contributed by atoms with Crippen molar-refractivity contribution in [2.24, 2.45) is 0 Å². The molecule has 50 heavy (non-hydrogen) atoms. The van der Waals surface area contributed by atoms with E-state index in [2.05, 4.69) is 130 Å². The molecular weight excluding hydrogens is 667 g/mol. The predicted octanol–water partition coefficient (Wildman–Crippen LogP) is 11.1. The van der Waals surface area contributed by atoms with E-state index in [9.17, 15) is 4.79 Å². The lowest BCUT2D eigenvalue weighted by molar-refractivity contribution is 0.0275. The van der Waals surface area contributed by atoms with Gasteiger partial charge in [0.2, 0.25) is 0 Å². The number of halogens is 2. The van der Waals surface area contributed by atoms with Crippen LogP contribution in [-0.4, -0.2) is 112 Å². The molecule has 0 aliphatic heterocycles. The van der Waals surface area contributed by atoms with Gasteiger partial charge in [0.05, 0.1) is 13.2 Å². The summed E-state index contributed by atoms with van der Waals surface area (Å²) in [4.78, 5) is 23.1. The molecule has 0 aliphatic carbocycles. The van der Waals surface area contributed by atoms with Crippen molar-refractivity contribution in [1.29, 1.82) is 0 Å². The first-order valence-electron chi connectivity index (χ1n) is 20.3. The van der Waals surface area contributed by atoms with Crippen LogP contribution in [0.1, 0.15) is 175 Å². The van der Waals surface area contributed by atoms with Crippen LogP contribution in [0.5, 0.6) is 0 Å². The third-order valence-electron chi connectivity index (χ3n) is 10.1. The largest absolute Gasteiger partial charge is 0.508 e. The maximum atomic E-state index is 12.7. The third kappa shape index (κ3) is 22.7. The first-order valence-corrected chi connectivity index (χ1v) is 20.3. The lowest BCUT2D eigenvalue weighted by Crippen LogP contribution is -2.46. The average Bonchev–Trinajstić information content (AvgIpc) is 2.94. The highest BCUT2D eigenvalue weighted by Gasteiger charge is 2.26. The van der Waals surface area contributed by atoms with Gasteiger partial charge in [-0.2, -0.15) is 0 Å². The summed E-state index contributed by atoms with van der Waals surface area (Å²) in [6.07, 6.45) is 10.8. The first kappa shape index (κ1) is 54.0. The fourth-order valence-corrected chi connectivity index (χ4v) is 8.29. The number of carbonyl (C=O) groups excluding carboxylic acids is 1. The molecule has 0 fully saturated rings. The average molecular weight is 756 g/mol. The summed E-state index contributed by atoms with van der Waals surface area (Å²) in [5.41, 5.74) is 0. The quantitative estimate of drug-likeness (QED) is 0.0582. The van der Waals surface area contributed by atoms with Gasteiger partial charge in [-0.25, -0.2) is 4.79 Å². The van der Waals surface area contributed by atoms with Gasteiger partial charge in [-0.1, -0.05) is 25.7 Å². The molecule has 9 heteroatoms. The Labute approximate surface area is 325 Å². The molecule has 0 aromatic carbocycles. The van der Waals surface area contributed by atoms with Gasteiger partial charge in [0.25, 0.3) is 0 Å². The third-order valence-corrected chi connectivity index (χ3v) is 10.1. The molecule has 0 spiro atoms. The van der Waals surface area contributed by atoms with Crippen LogP contribution in [0.15, 0.2) is 0 Å². The van der Waals surface area contributed by atoms with Crippen molar-refractivity contribution in [3.8, 4) is 0 Å². The van der Waals surface area contributed by atoms with E-state index in [1.165, 1.54) is 38.5 Å². The second-order valence-electron chi connectivity index (χ2n) is 16.7. The number of nitrogens with zero attached hydrogens (tertiary/aromatic N) is 4. The normalized spacial score (nSPS) is 13.7. The maximum Gasteiger partial charge on any atom is 0.508 e. The zero-order chi connectivity index (χ0) is 37.0. The Hall–Kier alpha value is -0.310. The smallest absolute Gasteiger partial charge is 0.434 e. The van der Waals surface area contributed by atoms with E-state index in [1.807, 2.05) is 0 Å². The van der Waals surface area contributed by atoms with Crippen LogP contribution in [-0.2, 0) is 9.47 Å². The van der Waals surface area contributed by atoms with Crippen LogP contribution in [0.2, 0.25) is 0 Å². The summed E-state index contributed by atoms with van der Waals surface area (Å²) >= 11 is 0. The molecule has 0 saturated heterocycles. The Bertz CT molecular complexity index is 702. The number of unbranched alkanes of at least 4 members (excludes halogenated alkanes) is 4. The zero-order valence-electron chi connectivity index (χ0n) is 36.0. The molecule has 2 unspecified atom stereocenters. The Morgan fingerprint density at radius 2 is 0.680 bits per heavy atom. The highest BCUT2D eigenvalue weighted by molar-refractivity contribution is 5.85. The molecule has 0 radical (unpaired) electrons. The number of ether oxygens (including phenoxy) is 2. The van der Waals surface area contributed by atoms with E-state index in [1.54, 1.807) is 0 Å². The molecular formula is C41H88Cl2N4O3. The first-order chi connectivity index (χ1) is 22.4. The molecule has 0 heterocycles. The van der Waals surface area contributed by atoms with Gasteiger partial charge in [-0.15, -0.1) is 24.8 Å². The van der Waals surface area contributed by atoms with Gasteiger partial charge < -0.3 is 9.47 Å². The van der Waals surface area contributed by atoms with E-state index < -0.39 is 6.16 Å². The fraction of sp³-hybridized carbons (Fsp3) is 0.976. The summed E-state index contributed by atoms with van der Waals surface area (Å²) in [6.45, 7) is 39.8. The summed E-state index contributed by atoms with van der Waals surface area (Å²) in [5, 5.41) is 0. The van der Waals surface area contributed by atoms with Crippen LogP contribution in [0, 0.1) is 0 Å². The molecule has 7 nitrogen and oxygen atoms in total. The van der Waals surface area contributed by atoms with E-state index >= 15 is 0 Å². The highest BCUT2D eigenvalue weighted by Crippen LogP contribution is 2.22. The SMILES string of the molecule is CC(C)N(CCCCCC(CCOC(=O)OCCC(CCCCCN(C(C)C)C(C)C)N(C(C)C)C(C)C)N(C(C)C)C(C)C)C(C)C.Cl.Cl. The van der Waals surface area contributed by atoms with Gasteiger partial charge in [0.15, 0.2) is 0 Å². The zero-order valence-corrected chi connectivity index (χ0v) is 37.6. The van der Waals surface area contributed by atoms with E-state index in [0.29, 0.717) is 73.6 Å². The van der Waals surface area contributed by atoms with Crippen molar-refractivity contribution < 1.29 is 14.3 Å². The van der Waals surface area contributed by atoms with E-state index in [0.717, 1.165) is 38.8 Å². The Morgan fingerprint density at radius 3 is 0.920 bits per heavy atom. The van der Waals surface area contributed by atoms with E-state index in [-0.39, 0.29) is 24.8 Å². The van der Waals surface area contributed by atoms with Crippen LogP contribution >= 0.6 is 24.8 Å². The Balaban J connectivity index is -0.0000110. The Kier molecular flexibility index (Phi) is 32.5. The lowest BCUT2D eigenvalue weighted by atomic mass is 10.0. The minimum atomic E-state index is -0.515. The predicted molar refractivity (Wildman–Crippen MR) is 224 cm³/mol. The van der Waals surface area contributed by atoms with Crippen molar-refractivity contribution in [2.75, 3.05) is 26.3 Å². The van der Waals surface area contributed by atoms with Gasteiger partial charge in [-0.05, 0) is 162 Å². The van der Waals surface area contributed by atoms with Gasteiger partial charge in [0.1, 0.15) is 0 Å². The topological polar surface area (TPSA) is 48.5 Å². The second kappa shape index (κ2) is 30.1. The summed E-state index contributed by atoms with van der Waals surface area (Å²) < 4.78 is 11.4. The maximum absolute atomic E-state index is 12.7. The van der Waals surface area contributed by atoms with Crippen molar-refractivity contribution in [3.63, 3.8) is 0 Å². The molecule has 0 amide bonds. The minimum Gasteiger partial charge on any atom is -0.434 e. The van der Waals surface area contributed by atoms with E-state index in [4.69, 9.17) is 9.47 Å². The molecule has 0 rings (SSSR count). The van der Waals surface area contributed by atoms with Crippen LogP contribution in [0.4, 0.5) is 4.79 Å². The summed E-state index contributed by atoms with van der Waals surface area (Å²) in [7, 11) is 0. The van der Waals surface area contributed by atoms with Gasteiger partial charge in [0, 0.05) is 60.4 Å². The molecule has 0 bridgehead atoms. The molecule has 2 atom stereocenters. The second-order valence-corrected chi connectivity index (χ2v) is 16.7. The molecule has 0 aromatic rings. The number of hydrogen-bond acceptors (Lipinski definition) is 7. The molecule has 304 valence electrons. The van der Waals surface area contributed by atoms with Crippen molar-refractivity contribution >= 4 is 31.0 Å². The molecule has 0 N–H and O–H groups in total. The highest BCUT2D eigenvalue weighted by atomic mass is 35.5. The summed E-state index contributed by atoms with van der Waals surface area (Å²) in [6, 6.07) is 4.93. The van der Waals surface area contributed by atoms with Gasteiger partial charge in [-0.3, -0.25) is 19.6 Å². The minimum absolute atomic E-state index is 0. The van der Waals surface area contributed by atoms with Crippen molar-refractivity contribution in [1.82, 2.24) is 19.6 Å². The van der Waals surface area contributed by atoms with Crippen molar-refractivity contribution in [3.05, 3.63) is 0 Å². The molecule has 0 saturated carbocycles. The van der Waals surface area contributed by atoms with Crippen LogP contribution in [0.3, 0.4) is 0 Å². The number of rotatable bonds is 28. The summed E-state index contributed by atoms with van der Waals surface area (Å²) in [5.74, 6) is 0. The number of hydrogen-bond donors (Lipinski definition) is 0. The lowest BCUT2D eigenvalue weighted by Gasteiger charge is -2.38. The number of carbonyl (C=O) groups is 1. The molecule has 0 aromatic heterocycles. The Morgan fingerprint density at radius 1 is 0.400 bits per heavy atom. The monoisotopic (exact) mass is 755 g/mol. The fourth-order valence-electron chi connectivity index (χ4n) is 8.29. The van der Waals surface area contributed by atoms with Crippen LogP contribution in [0.25, 0.3) is 0 Å². The molecule has 0 aliphatic rings. The van der Waals surface area contributed by atoms with Gasteiger partial charge >= 0.3 is 6.16 Å². The standard InChI is InChI=1S/C41H86N4O3.2ClH/c1-31(2)42(32(3)4)27-21-17-19-23-39(44(35(9)10)36(11)12)25-29-47-41(46)48-30-26-40(45(37(13)14)38(15)16)24-20-18-22-28-43(33(5)6)34(7)8;;/h31-40H,17-30H2,1-16H3;2*1H.